The minimum absolute atomic E-state index is 0.0249. The minimum Gasteiger partial charge on any atom is -0.285 e. The highest BCUT2D eigenvalue weighted by Gasteiger charge is 2.41. The van der Waals surface area contributed by atoms with Crippen LogP contribution in [-0.4, -0.2) is 22.1 Å². The summed E-state index contributed by atoms with van der Waals surface area (Å²) in [6.45, 7) is 3.57. The lowest BCUT2D eigenvalue weighted by atomic mass is 9.79. The van der Waals surface area contributed by atoms with E-state index in [-0.39, 0.29) is 10.6 Å². The molecule has 1 aliphatic carbocycles. The highest BCUT2D eigenvalue weighted by atomic mass is 16.6. The van der Waals surface area contributed by atoms with Gasteiger partial charge < -0.3 is 0 Å². The van der Waals surface area contributed by atoms with E-state index in [1.807, 2.05) is 37.3 Å². The number of rotatable bonds is 7. The molecule has 0 bridgehead atoms. The number of allylic oxidation sites excluding steroid dienone is 2. The predicted molar refractivity (Wildman–Crippen MR) is 116 cm³/mol. The van der Waals surface area contributed by atoms with Crippen molar-refractivity contribution < 1.29 is 9.85 Å². The van der Waals surface area contributed by atoms with Crippen LogP contribution in [0, 0.1) is 25.6 Å². The van der Waals surface area contributed by atoms with E-state index in [0.717, 1.165) is 5.56 Å². The van der Waals surface area contributed by atoms with Crippen molar-refractivity contribution in [1.82, 2.24) is 0 Å². The molecule has 7 nitrogen and oxygen atoms in total. The molecule has 0 spiro atoms. The second kappa shape index (κ2) is 8.41. The summed E-state index contributed by atoms with van der Waals surface area (Å²) in [5.41, 5.74) is -0.524. The number of hydrogen-bond donors (Lipinski definition) is 0. The molecule has 7 heteroatoms. The minimum atomic E-state index is -0.982. The summed E-state index contributed by atoms with van der Waals surface area (Å²) in [7, 11) is 0. The summed E-state index contributed by atoms with van der Waals surface area (Å²) in [5, 5.41) is 23.2. The third-order valence-corrected chi connectivity index (χ3v) is 5.42. The molecule has 30 heavy (non-hydrogen) atoms. The normalized spacial score (nSPS) is 22.7. The third-order valence-electron chi connectivity index (χ3n) is 5.42. The first-order valence-electron chi connectivity index (χ1n) is 9.59. The first-order valence-corrected chi connectivity index (χ1v) is 9.59. The number of para-hydroxylation sites is 1. The van der Waals surface area contributed by atoms with Gasteiger partial charge in [0.15, 0.2) is 0 Å². The SMILES string of the molecule is CC(Cc1ccccc1)(N=CC1(C)C=CC=CC1[N+](=O)[O-])c1ccccc1[N+](=O)[O-]. The average molecular weight is 405 g/mol. The monoisotopic (exact) mass is 405 g/mol. The Kier molecular flexibility index (Phi) is 5.91. The molecule has 0 aliphatic heterocycles. The van der Waals surface area contributed by atoms with Crippen LogP contribution in [0.25, 0.3) is 0 Å². The summed E-state index contributed by atoms with van der Waals surface area (Å²) in [5.74, 6) is 0. The fourth-order valence-corrected chi connectivity index (χ4v) is 3.73. The fourth-order valence-electron chi connectivity index (χ4n) is 3.73. The molecule has 0 amide bonds. The molecule has 0 saturated heterocycles. The van der Waals surface area contributed by atoms with Crippen LogP contribution in [0.1, 0.15) is 25.0 Å². The Morgan fingerprint density at radius 2 is 1.73 bits per heavy atom. The Balaban J connectivity index is 2.10. The van der Waals surface area contributed by atoms with E-state index in [1.54, 1.807) is 49.6 Å². The van der Waals surface area contributed by atoms with Gasteiger partial charge in [-0.25, -0.2) is 0 Å². The average Bonchev–Trinajstić information content (AvgIpc) is 2.73. The van der Waals surface area contributed by atoms with Crippen molar-refractivity contribution >= 4 is 11.9 Å². The zero-order valence-corrected chi connectivity index (χ0v) is 16.8. The zero-order valence-electron chi connectivity index (χ0n) is 16.8. The van der Waals surface area contributed by atoms with Gasteiger partial charge in [-0.3, -0.25) is 25.2 Å². The molecule has 3 atom stereocenters. The molecule has 3 rings (SSSR count). The molecule has 0 fully saturated rings. The number of benzene rings is 2. The van der Waals surface area contributed by atoms with Crippen molar-refractivity contribution in [3.8, 4) is 0 Å². The van der Waals surface area contributed by atoms with Crippen LogP contribution in [-0.2, 0) is 12.0 Å². The van der Waals surface area contributed by atoms with Gasteiger partial charge in [-0.1, -0.05) is 60.7 Å². The lowest BCUT2D eigenvalue weighted by Crippen LogP contribution is -2.39. The highest BCUT2D eigenvalue weighted by Crippen LogP contribution is 2.37. The van der Waals surface area contributed by atoms with Gasteiger partial charge in [0.25, 0.3) is 5.69 Å². The van der Waals surface area contributed by atoms with Gasteiger partial charge in [0.1, 0.15) is 0 Å². The third kappa shape index (κ3) is 4.35. The van der Waals surface area contributed by atoms with Crippen molar-refractivity contribution in [3.05, 3.63) is 110 Å². The molecule has 0 heterocycles. The summed E-state index contributed by atoms with van der Waals surface area (Å²) < 4.78 is 0. The summed E-state index contributed by atoms with van der Waals surface area (Å²) in [6, 6.07) is 15.1. The fraction of sp³-hybridized carbons (Fsp3) is 0.261. The maximum atomic E-state index is 11.7. The molecule has 0 N–H and O–H groups in total. The van der Waals surface area contributed by atoms with Gasteiger partial charge in [-0.05, 0) is 31.6 Å². The van der Waals surface area contributed by atoms with Crippen LogP contribution < -0.4 is 0 Å². The Hall–Kier alpha value is -3.61. The summed E-state index contributed by atoms with van der Waals surface area (Å²) in [4.78, 5) is 27.3. The standard InChI is InChI=1S/C23H23N3O4/c1-22(15-9-8-14-21(22)26(29)30)17-24-23(2,16-18-10-4-3-5-11-18)19-12-6-7-13-20(19)25(27)28/h3-15,17,21H,16H2,1-2H3. The molecule has 3 unspecified atom stereocenters. The van der Waals surface area contributed by atoms with E-state index in [1.165, 1.54) is 12.1 Å². The van der Waals surface area contributed by atoms with E-state index in [9.17, 15) is 20.2 Å². The van der Waals surface area contributed by atoms with Crippen molar-refractivity contribution in [2.45, 2.75) is 31.8 Å². The number of nitro groups is 2. The summed E-state index contributed by atoms with van der Waals surface area (Å²) in [6.07, 6.45) is 8.66. The van der Waals surface area contributed by atoms with E-state index in [2.05, 4.69) is 0 Å². The molecular formula is C23H23N3O4. The molecular weight excluding hydrogens is 382 g/mol. The Morgan fingerprint density at radius 1 is 1.07 bits per heavy atom. The predicted octanol–water partition coefficient (Wildman–Crippen LogP) is 4.90. The van der Waals surface area contributed by atoms with Gasteiger partial charge >= 0.3 is 0 Å². The van der Waals surface area contributed by atoms with Crippen molar-refractivity contribution in [1.29, 1.82) is 0 Å². The summed E-state index contributed by atoms with van der Waals surface area (Å²) >= 11 is 0. The molecule has 0 aromatic heterocycles. The first kappa shape index (κ1) is 21.1. The van der Waals surface area contributed by atoms with Gasteiger partial charge in [-0.15, -0.1) is 0 Å². The van der Waals surface area contributed by atoms with Gasteiger partial charge in [-0.2, -0.15) is 0 Å². The van der Waals surface area contributed by atoms with Crippen LogP contribution in [0.15, 0.2) is 83.9 Å². The molecule has 1 aliphatic rings. The number of hydrogen-bond acceptors (Lipinski definition) is 5. The van der Waals surface area contributed by atoms with Gasteiger partial charge in [0.05, 0.1) is 21.4 Å². The second-order valence-corrected chi connectivity index (χ2v) is 7.81. The van der Waals surface area contributed by atoms with Crippen LogP contribution in [0.3, 0.4) is 0 Å². The Labute approximate surface area is 174 Å². The maximum Gasteiger partial charge on any atom is 0.275 e. The maximum absolute atomic E-state index is 11.7. The Bertz CT molecular complexity index is 1030. The molecule has 2 aromatic rings. The lowest BCUT2D eigenvalue weighted by Gasteiger charge is -2.30. The van der Waals surface area contributed by atoms with Crippen molar-refractivity contribution in [3.63, 3.8) is 0 Å². The van der Waals surface area contributed by atoms with Crippen LogP contribution in [0.2, 0.25) is 0 Å². The second-order valence-electron chi connectivity index (χ2n) is 7.81. The van der Waals surface area contributed by atoms with Crippen LogP contribution >= 0.6 is 0 Å². The first-order chi connectivity index (χ1) is 14.3. The van der Waals surface area contributed by atoms with Gasteiger partial charge in [0.2, 0.25) is 6.04 Å². The largest absolute Gasteiger partial charge is 0.285 e. The van der Waals surface area contributed by atoms with E-state index >= 15 is 0 Å². The molecule has 0 saturated carbocycles. The quantitative estimate of drug-likeness (QED) is 0.371. The van der Waals surface area contributed by atoms with E-state index < -0.39 is 21.9 Å². The van der Waals surface area contributed by atoms with Crippen molar-refractivity contribution in [2.75, 3.05) is 0 Å². The molecule has 154 valence electrons. The van der Waals surface area contributed by atoms with Crippen molar-refractivity contribution in [2.24, 2.45) is 10.4 Å². The number of nitrogens with zero attached hydrogens (tertiary/aromatic N) is 3. The van der Waals surface area contributed by atoms with E-state index in [4.69, 9.17) is 4.99 Å². The highest BCUT2D eigenvalue weighted by molar-refractivity contribution is 5.71. The van der Waals surface area contributed by atoms with Crippen LogP contribution in [0.5, 0.6) is 0 Å². The smallest absolute Gasteiger partial charge is 0.275 e. The molecule has 2 aromatic carbocycles. The topological polar surface area (TPSA) is 98.6 Å². The lowest BCUT2D eigenvalue weighted by molar-refractivity contribution is -0.520. The van der Waals surface area contributed by atoms with Crippen LogP contribution in [0.4, 0.5) is 5.69 Å². The number of nitro benzene ring substituents is 1. The number of aliphatic imine (C=N–C) groups is 1. The zero-order chi connectivity index (χ0) is 21.8. The molecule has 0 radical (unpaired) electrons. The van der Waals surface area contributed by atoms with Gasteiger partial charge in [0, 0.05) is 23.6 Å². The van der Waals surface area contributed by atoms with E-state index in [0.29, 0.717) is 12.0 Å². The Morgan fingerprint density at radius 3 is 2.40 bits per heavy atom.